The van der Waals surface area contributed by atoms with Gasteiger partial charge in [0, 0.05) is 17.4 Å². The summed E-state index contributed by atoms with van der Waals surface area (Å²) in [6.07, 6.45) is -0.629. The van der Waals surface area contributed by atoms with Crippen molar-refractivity contribution in [2.45, 2.75) is 57.8 Å². The number of rotatable bonds is 4. The van der Waals surface area contributed by atoms with E-state index in [-0.39, 0.29) is 24.5 Å². The molecule has 2 heterocycles. The number of ether oxygens (including phenoxy) is 4. The molecule has 0 spiro atoms. The molecule has 0 radical (unpaired) electrons. The first-order valence-electron chi connectivity index (χ1n) is 9.20. The van der Waals surface area contributed by atoms with Crippen molar-refractivity contribution in [3.05, 3.63) is 11.6 Å². The average Bonchev–Trinajstić information content (AvgIpc) is 2.62. The molecule has 1 unspecified atom stereocenters. The second-order valence-corrected chi connectivity index (χ2v) is 7.25. The Bertz CT molecular complexity index is 450. The Balaban J connectivity index is 1.42. The van der Waals surface area contributed by atoms with Crippen molar-refractivity contribution < 1.29 is 32.1 Å². The Hall–Kier alpha value is -0.630. The minimum atomic E-state index is -4.21. The minimum absolute atomic E-state index is 0.0173. The van der Waals surface area contributed by atoms with Crippen molar-refractivity contribution in [1.82, 2.24) is 0 Å². The van der Waals surface area contributed by atoms with Crippen molar-refractivity contribution in [2.75, 3.05) is 26.4 Å². The van der Waals surface area contributed by atoms with E-state index in [2.05, 4.69) is 6.92 Å². The number of hydrogen-bond acceptors (Lipinski definition) is 4. The smallest absolute Gasteiger partial charge is 0.352 e. The Morgan fingerprint density at radius 1 is 0.960 bits per heavy atom. The minimum Gasteiger partial charge on any atom is -0.352 e. The molecule has 2 fully saturated rings. The molecular weight excluding hydrogens is 337 g/mol. The molecule has 2 aliphatic heterocycles. The van der Waals surface area contributed by atoms with Crippen LogP contribution in [0, 0.1) is 17.8 Å². The SMILES string of the molecule is CCC[C@H]1CO[C@H]([C@H]2CO[C@H](C3CC=C(C(F)(F)F)CC3)OC2)OC1. The van der Waals surface area contributed by atoms with Crippen molar-refractivity contribution in [1.29, 1.82) is 0 Å². The van der Waals surface area contributed by atoms with E-state index in [0.29, 0.717) is 45.2 Å². The van der Waals surface area contributed by atoms with Crippen LogP contribution in [0.4, 0.5) is 13.2 Å². The van der Waals surface area contributed by atoms with E-state index in [4.69, 9.17) is 18.9 Å². The molecule has 7 heteroatoms. The van der Waals surface area contributed by atoms with Crippen molar-refractivity contribution in [2.24, 2.45) is 17.8 Å². The van der Waals surface area contributed by atoms with Crippen LogP contribution in [0.3, 0.4) is 0 Å². The van der Waals surface area contributed by atoms with Gasteiger partial charge in [0.2, 0.25) is 0 Å². The highest BCUT2D eigenvalue weighted by Crippen LogP contribution is 2.38. The molecule has 0 saturated carbocycles. The molecule has 0 N–H and O–H groups in total. The molecule has 2 saturated heterocycles. The Labute approximate surface area is 146 Å². The summed E-state index contributed by atoms with van der Waals surface area (Å²) in [6.45, 7) is 4.46. The van der Waals surface area contributed by atoms with Gasteiger partial charge in [0.1, 0.15) is 0 Å². The van der Waals surface area contributed by atoms with Gasteiger partial charge in [-0.05, 0) is 25.7 Å². The van der Waals surface area contributed by atoms with E-state index in [0.717, 1.165) is 12.8 Å². The standard InChI is InChI=1S/C18H27F3O4/c1-2-3-12-8-22-17(23-9-12)14-10-24-16(25-11-14)13-4-6-15(7-5-13)18(19,20)21/h6,12-14,16-17H,2-5,7-11H2,1H3/t12-,13?,14-,16-,17-. The van der Waals surface area contributed by atoms with E-state index in [1.807, 2.05) is 0 Å². The molecule has 4 nitrogen and oxygen atoms in total. The fourth-order valence-corrected chi connectivity index (χ4v) is 3.73. The topological polar surface area (TPSA) is 36.9 Å². The summed E-state index contributed by atoms with van der Waals surface area (Å²) >= 11 is 0. The summed E-state index contributed by atoms with van der Waals surface area (Å²) in [5.74, 6) is 0.453. The molecular formula is C18H27F3O4. The van der Waals surface area contributed by atoms with Gasteiger partial charge < -0.3 is 18.9 Å². The fraction of sp³-hybridized carbons (Fsp3) is 0.889. The highest BCUT2D eigenvalue weighted by Gasteiger charge is 2.39. The highest BCUT2D eigenvalue weighted by atomic mass is 19.4. The van der Waals surface area contributed by atoms with E-state index in [1.165, 1.54) is 6.08 Å². The van der Waals surface area contributed by atoms with Gasteiger partial charge in [0.25, 0.3) is 0 Å². The third kappa shape index (κ3) is 4.96. The average molecular weight is 364 g/mol. The lowest BCUT2D eigenvalue weighted by atomic mass is 9.88. The number of allylic oxidation sites excluding steroid dienone is 2. The molecule has 3 rings (SSSR count). The zero-order valence-corrected chi connectivity index (χ0v) is 14.6. The van der Waals surface area contributed by atoms with Crippen LogP contribution in [0.5, 0.6) is 0 Å². The molecule has 1 aliphatic carbocycles. The zero-order valence-electron chi connectivity index (χ0n) is 14.6. The molecule has 0 aromatic carbocycles. The molecule has 0 aromatic rings. The van der Waals surface area contributed by atoms with Crippen LogP contribution < -0.4 is 0 Å². The normalized spacial score (nSPS) is 37.6. The number of alkyl halides is 3. The third-order valence-electron chi connectivity index (χ3n) is 5.22. The van der Waals surface area contributed by atoms with Crippen LogP contribution in [-0.4, -0.2) is 45.2 Å². The Kier molecular flexibility index (Phi) is 6.41. The molecule has 144 valence electrons. The molecule has 0 amide bonds. The lowest BCUT2D eigenvalue weighted by molar-refractivity contribution is -0.290. The molecule has 3 aliphatic rings. The zero-order chi connectivity index (χ0) is 17.9. The van der Waals surface area contributed by atoms with Crippen LogP contribution in [-0.2, 0) is 18.9 Å². The van der Waals surface area contributed by atoms with Crippen LogP contribution in [0.25, 0.3) is 0 Å². The van der Waals surface area contributed by atoms with E-state index < -0.39 is 18.0 Å². The highest BCUT2D eigenvalue weighted by molar-refractivity contribution is 5.12. The first kappa shape index (κ1) is 19.1. The van der Waals surface area contributed by atoms with Crippen molar-refractivity contribution >= 4 is 0 Å². The summed E-state index contributed by atoms with van der Waals surface area (Å²) in [5.41, 5.74) is -0.428. The van der Waals surface area contributed by atoms with Crippen LogP contribution in [0.1, 0.15) is 39.0 Å². The molecule has 0 bridgehead atoms. The van der Waals surface area contributed by atoms with Crippen molar-refractivity contribution in [3.63, 3.8) is 0 Å². The van der Waals surface area contributed by atoms with Crippen LogP contribution in [0.2, 0.25) is 0 Å². The van der Waals surface area contributed by atoms with Gasteiger partial charge in [-0.15, -0.1) is 0 Å². The quantitative estimate of drug-likeness (QED) is 0.705. The molecule has 0 aromatic heterocycles. The lowest BCUT2D eigenvalue weighted by Crippen LogP contribution is -2.46. The van der Waals surface area contributed by atoms with Gasteiger partial charge in [-0.3, -0.25) is 0 Å². The second-order valence-electron chi connectivity index (χ2n) is 7.25. The first-order valence-corrected chi connectivity index (χ1v) is 9.20. The summed E-state index contributed by atoms with van der Waals surface area (Å²) in [5, 5.41) is 0. The third-order valence-corrected chi connectivity index (χ3v) is 5.22. The Morgan fingerprint density at radius 2 is 1.56 bits per heavy atom. The Morgan fingerprint density at radius 3 is 2.08 bits per heavy atom. The predicted octanol–water partition coefficient (Wildman–Crippen LogP) is 4.05. The lowest BCUT2D eigenvalue weighted by Gasteiger charge is -2.39. The van der Waals surface area contributed by atoms with Gasteiger partial charge in [-0.2, -0.15) is 13.2 Å². The molecule has 25 heavy (non-hydrogen) atoms. The van der Waals surface area contributed by atoms with Gasteiger partial charge in [0.05, 0.1) is 32.3 Å². The predicted molar refractivity (Wildman–Crippen MR) is 84.8 cm³/mol. The van der Waals surface area contributed by atoms with Crippen molar-refractivity contribution in [3.8, 4) is 0 Å². The monoisotopic (exact) mass is 364 g/mol. The largest absolute Gasteiger partial charge is 0.412 e. The maximum atomic E-state index is 12.7. The fourth-order valence-electron chi connectivity index (χ4n) is 3.73. The summed E-state index contributed by atoms with van der Waals surface area (Å²) in [7, 11) is 0. The van der Waals surface area contributed by atoms with Gasteiger partial charge in [-0.25, -0.2) is 0 Å². The van der Waals surface area contributed by atoms with Gasteiger partial charge in [-0.1, -0.05) is 19.4 Å². The van der Waals surface area contributed by atoms with E-state index in [9.17, 15) is 13.2 Å². The van der Waals surface area contributed by atoms with Crippen LogP contribution in [0.15, 0.2) is 11.6 Å². The summed E-state index contributed by atoms with van der Waals surface area (Å²) in [4.78, 5) is 0. The number of hydrogen-bond donors (Lipinski definition) is 0. The second kappa shape index (κ2) is 8.37. The maximum Gasteiger partial charge on any atom is 0.412 e. The first-order chi connectivity index (χ1) is 12.0. The van der Waals surface area contributed by atoms with Gasteiger partial charge in [0.15, 0.2) is 12.6 Å². The summed E-state index contributed by atoms with van der Waals surface area (Å²) < 4.78 is 61.2. The van der Waals surface area contributed by atoms with E-state index in [1.54, 1.807) is 0 Å². The van der Waals surface area contributed by atoms with E-state index >= 15 is 0 Å². The number of halogens is 3. The molecule has 1 atom stereocenters. The van der Waals surface area contributed by atoms with Crippen LogP contribution >= 0.6 is 0 Å². The van der Waals surface area contributed by atoms with Gasteiger partial charge >= 0.3 is 6.18 Å². The summed E-state index contributed by atoms with van der Waals surface area (Å²) in [6, 6.07) is 0. The maximum absolute atomic E-state index is 12.7.